The van der Waals surface area contributed by atoms with Gasteiger partial charge in [0.2, 0.25) is 0 Å². The van der Waals surface area contributed by atoms with Gasteiger partial charge in [0, 0.05) is 32.0 Å². The van der Waals surface area contributed by atoms with Gasteiger partial charge in [0.05, 0.1) is 6.54 Å². The van der Waals surface area contributed by atoms with Crippen molar-refractivity contribution in [2.45, 2.75) is 33.6 Å². The Morgan fingerprint density at radius 3 is 2.43 bits per heavy atom. The van der Waals surface area contributed by atoms with Gasteiger partial charge in [-0.05, 0) is 6.42 Å². The largest absolute Gasteiger partial charge is 0.396 e. The smallest absolute Gasteiger partial charge is 0.0601 e. The van der Waals surface area contributed by atoms with E-state index >= 15 is 0 Å². The van der Waals surface area contributed by atoms with Crippen LogP contribution in [0.3, 0.4) is 0 Å². The summed E-state index contributed by atoms with van der Waals surface area (Å²) in [5, 5.41) is 8.75. The van der Waals surface area contributed by atoms with Crippen LogP contribution in [0.2, 0.25) is 0 Å². The molecule has 1 heterocycles. The van der Waals surface area contributed by atoms with Crippen molar-refractivity contribution in [2.24, 2.45) is 5.92 Å². The second kappa shape index (κ2) is 9.05. The Hall–Kier alpha value is -0.520. The van der Waals surface area contributed by atoms with Gasteiger partial charge in [-0.25, -0.2) is 0 Å². The third kappa shape index (κ3) is 5.26. The van der Waals surface area contributed by atoms with Crippen molar-refractivity contribution in [1.29, 1.82) is 0 Å². The van der Waals surface area contributed by atoms with Crippen LogP contribution in [-0.2, 0) is 0 Å². The number of nitrogens with zero attached hydrogens (tertiary/aromatic N) is 1. The highest BCUT2D eigenvalue weighted by molar-refractivity contribution is 5.02. The summed E-state index contributed by atoms with van der Waals surface area (Å²) in [4.78, 5) is 2.27. The SMILES string of the molecule is CC.CCCC#CCN1CC(CO)C1. The molecule has 1 aliphatic rings. The average Bonchev–Trinajstić information content (AvgIpc) is 2.18. The molecule has 0 spiro atoms. The first-order valence-corrected chi connectivity index (χ1v) is 5.65. The van der Waals surface area contributed by atoms with Gasteiger partial charge in [0.25, 0.3) is 0 Å². The molecule has 0 unspecified atom stereocenters. The van der Waals surface area contributed by atoms with E-state index in [4.69, 9.17) is 5.11 Å². The van der Waals surface area contributed by atoms with Crippen LogP contribution in [0.1, 0.15) is 33.6 Å². The molecule has 0 saturated carbocycles. The van der Waals surface area contributed by atoms with Gasteiger partial charge in [-0.2, -0.15) is 0 Å². The Morgan fingerprint density at radius 1 is 1.29 bits per heavy atom. The molecule has 1 rings (SSSR count). The third-order valence-corrected chi connectivity index (χ3v) is 2.09. The van der Waals surface area contributed by atoms with E-state index in [2.05, 4.69) is 23.7 Å². The van der Waals surface area contributed by atoms with E-state index < -0.39 is 0 Å². The molecule has 2 heteroatoms. The summed E-state index contributed by atoms with van der Waals surface area (Å²) in [5.41, 5.74) is 0. The molecular formula is C12H23NO. The van der Waals surface area contributed by atoms with Crippen LogP contribution in [0.4, 0.5) is 0 Å². The number of unbranched alkanes of at least 4 members (excludes halogenated alkanes) is 1. The monoisotopic (exact) mass is 197 g/mol. The molecule has 14 heavy (non-hydrogen) atoms. The lowest BCUT2D eigenvalue weighted by molar-refractivity contribution is 0.0654. The van der Waals surface area contributed by atoms with Crippen molar-refractivity contribution in [3.63, 3.8) is 0 Å². The lowest BCUT2D eigenvalue weighted by Crippen LogP contribution is -2.48. The van der Waals surface area contributed by atoms with Crippen LogP contribution in [0, 0.1) is 17.8 Å². The van der Waals surface area contributed by atoms with Crippen molar-refractivity contribution in [2.75, 3.05) is 26.2 Å². The summed E-state index contributed by atoms with van der Waals surface area (Å²) >= 11 is 0. The molecule has 1 fully saturated rings. The minimum Gasteiger partial charge on any atom is -0.396 e. The average molecular weight is 197 g/mol. The first kappa shape index (κ1) is 13.5. The number of hydrogen-bond donors (Lipinski definition) is 1. The zero-order valence-corrected chi connectivity index (χ0v) is 9.71. The van der Waals surface area contributed by atoms with Crippen LogP contribution in [0.25, 0.3) is 0 Å². The third-order valence-electron chi connectivity index (χ3n) is 2.09. The molecule has 2 nitrogen and oxygen atoms in total. The fraction of sp³-hybridized carbons (Fsp3) is 0.833. The van der Waals surface area contributed by atoms with Crippen LogP contribution in [0.15, 0.2) is 0 Å². The molecule has 0 aliphatic carbocycles. The van der Waals surface area contributed by atoms with Crippen molar-refractivity contribution in [3.05, 3.63) is 0 Å². The number of rotatable bonds is 3. The van der Waals surface area contributed by atoms with Crippen molar-refractivity contribution >= 4 is 0 Å². The highest BCUT2D eigenvalue weighted by Gasteiger charge is 2.24. The van der Waals surface area contributed by atoms with E-state index in [1.807, 2.05) is 13.8 Å². The fourth-order valence-electron chi connectivity index (χ4n) is 1.30. The van der Waals surface area contributed by atoms with Crippen molar-refractivity contribution in [3.8, 4) is 11.8 Å². The summed E-state index contributed by atoms with van der Waals surface area (Å²) in [6, 6.07) is 0. The first-order chi connectivity index (χ1) is 6.86. The second-order valence-corrected chi connectivity index (χ2v) is 3.35. The maximum atomic E-state index is 8.75. The topological polar surface area (TPSA) is 23.5 Å². The van der Waals surface area contributed by atoms with Gasteiger partial charge in [0.15, 0.2) is 0 Å². The van der Waals surface area contributed by atoms with Gasteiger partial charge in [-0.3, -0.25) is 4.90 Å². The van der Waals surface area contributed by atoms with Crippen LogP contribution >= 0.6 is 0 Å². The van der Waals surface area contributed by atoms with Gasteiger partial charge in [-0.1, -0.05) is 26.7 Å². The standard InChI is InChI=1S/C10H17NO.C2H6/c1-2-3-4-5-6-11-7-10(8-11)9-12;1-2/h10,12H,2-3,6-9H2,1H3;1-2H3. The van der Waals surface area contributed by atoms with Gasteiger partial charge >= 0.3 is 0 Å². The van der Waals surface area contributed by atoms with E-state index in [-0.39, 0.29) is 0 Å². The quantitative estimate of drug-likeness (QED) is 0.697. The Balaban J connectivity index is 0.000000791. The van der Waals surface area contributed by atoms with E-state index in [0.29, 0.717) is 12.5 Å². The number of hydrogen-bond acceptors (Lipinski definition) is 2. The van der Waals surface area contributed by atoms with Crippen LogP contribution < -0.4 is 0 Å². The number of aliphatic hydroxyl groups is 1. The Bertz CT molecular complexity index is 174. The van der Waals surface area contributed by atoms with E-state index in [9.17, 15) is 0 Å². The molecular weight excluding hydrogens is 174 g/mol. The summed E-state index contributed by atoms with van der Waals surface area (Å²) < 4.78 is 0. The zero-order valence-electron chi connectivity index (χ0n) is 9.71. The van der Waals surface area contributed by atoms with E-state index in [1.54, 1.807) is 0 Å². The van der Waals surface area contributed by atoms with Gasteiger partial charge in [0.1, 0.15) is 0 Å². The molecule has 0 amide bonds. The zero-order chi connectivity index (χ0) is 10.8. The predicted molar refractivity (Wildman–Crippen MR) is 61.0 cm³/mol. The summed E-state index contributed by atoms with van der Waals surface area (Å²) in [7, 11) is 0. The van der Waals surface area contributed by atoms with Crippen molar-refractivity contribution in [1.82, 2.24) is 4.90 Å². The molecule has 0 aromatic rings. The normalized spacial score (nSPS) is 16.0. The van der Waals surface area contributed by atoms with E-state index in [0.717, 1.165) is 32.5 Å². The Kier molecular flexibility index (Phi) is 8.72. The maximum Gasteiger partial charge on any atom is 0.0601 e. The Labute approximate surface area is 88.3 Å². The minimum absolute atomic E-state index is 0.332. The number of likely N-dealkylation sites (tertiary alicyclic amines) is 1. The fourth-order valence-corrected chi connectivity index (χ4v) is 1.30. The van der Waals surface area contributed by atoms with E-state index in [1.165, 1.54) is 0 Å². The number of aliphatic hydroxyl groups excluding tert-OH is 1. The minimum atomic E-state index is 0.332. The lowest BCUT2D eigenvalue weighted by atomic mass is 10.0. The Morgan fingerprint density at radius 2 is 1.93 bits per heavy atom. The van der Waals surface area contributed by atoms with Crippen LogP contribution in [-0.4, -0.2) is 36.2 Å². The summed E-state index contributed by atoms with van der Waals surface area (Å²) in [6.45, 7) is 9.41. The molecule has 82 valence electrons. The molecule has 1 aliphatic heterocycles. The molecule has 0 aromatic carbocycles. The molecule has 1 saturated heterocycles. The first-order valence-electron chi connectivity index (χ1n) is 5.65. The maximum absolute atomic E-state index is 8.75. The highest BCUT2D eigenvalue weighted by atomic mass is 16.3. The highest BCUT2D eigenvalue weighted by Crippen LogP contribution is 2.12. The van der Waals surface area contributed by atoms with Crippen LogP contribution in [0.5, 0.6) is 0 Å². The van der Waals surface area contributed by atoms with Crippen molar-refractivity contribution < 1.29 is 5.11 Å². The molecule has 1 N–H and O–H groups in total. The molecule has 0 aromatic heterocycles. The second-order valence-electron chi connectivity index (χ2n) is 3.35. The molecule has 0 atom stereocenters. The summed E-state index contributed by atoms with van der Waals surface area (Å²) in [6.07, 6.45) is 2.16. The lowest BCUT2D eigenvalue weighted by Gasteiger charge is -2.36. The predicted octanol–water partition coefficient (Wildman–Crippen LogP) is 1.74. The molecule has 0 bridgehead atoms. The summed E-state index contributed by atoms with van der Waals surface area (Å²) in [5.74, 6) is 6.75. The molecule has 0 radical (unpaired) electrons. The van der Waals surface area contributed by atoms with Gasteiger partial charge in [-0.15, -0.1) is 5.92 Å². The van der Waals surface area contributed by atoms with Gasteiger partial charge < -0.3 is 5.11 Å².